The van der Waals surface area contributed by atoms with Gasteiger partial charge >= 0.3 is 0 Å². The predicted molar refractivity (Wildman–Crippen MR) is 91.4 cm³/mol. The van der Waals surface area contributed by atoms with Crippen molar-refractivity contribution in [2.45, 2.75) is 31.2 Å². The molecule has 0 radical (unpaired) electrons. The Morgan fingerprint density at radius 1 is 1.14 bits per heavy atom. The number of hydrogen-bond donors (Lipinski definition) is 2. The summed E-state index contributed by atoms with van der Waals surface area (Å²) in [6.07, 6.45) is 3.87. The molecule has 0 saturated heterocycles. The molecule has 1 aliphatic carbocycles. The number of hydrogen-bond acceptors (Lipinski definition) is 2. The number of hydrazine groups is 1. The first-order valence-corrected chi connectivity index (χ1v) is 8.37. The number of benzene rings is 2. The van der Waals surface area contributed by atoms with Gasteiger partial charge in [-0.25, -0.2) is 5.43 Å². The highest BCUT2D eigenvalue weighted by Crippen LogP contribution is 2.41. The van der Waals surface area contributed by atoms with Crippen molar-refractivity contribution in [3.05, 3.63) is 68.7 Å². The van der Waals surface area contributed by atoms with E-state index in [9.17, 15) is 0 Å². The van der Waals surface area contributed by atoms with Crippen LogP contribution in [0.4, 0.5) is 0 Å². The summed E-state index contributed by atoms with van der Waals surface area (Å²) >= 11 is 9.64. The van der Waals surface area contributed by atoms with Crippen LogP contribution in [0.3, 0.4) is 0 Å². The molecule has 110 valence electrons. The highest BCUT2D eigenvalue weighted by Gasteiger charge is 2.26. The topological polar surface area (TPSA) is 38.0 Å². The van der Waals surface area contributed by atoms with Gasteiger partial charge in [-0.2, -0.15) is 0 Å². The Kier molecular flexibility index (Phi) is 4.65. The summed E-state index contributed by atoms with van der Waals surface area (Å²) in [4.78, 5) is 0. The van der Waals surface area contributed by atoms with Gasteiger partial charge in [-0.3, -0.25) is 5.84 Å². The van der Waals surface area contributed by atoms with Crippen LogP contribution in [0, 0.1) is 0 Å². The second-order valence-corrected chi connectivity index (χ2v) is 6.81. The molecule has 1 atom stereocenters. The summed E-state index contributed by atoms with van der Waals surface area (Å²) in [5.74, 6) is 6.54. The van der Waals surface area contributed by atoms with Gasteiger partial charge in [0.2, 0.25) is 0 Å². The molecule has 0 aromatic heterocycles. The molecule has 2 aromatic rings. The van der Waals surface area contributed by atoms with Gasteiger partial charge in [0.05, 0.1) is 6.04 Å². The Morgan fingerprint density at radius 2 is 1.90 bits per heavy atom. The van der Waals surface area contributed by atoms with Gasteiger partial charge in [-0.05, 0) is 47.6 Å². The van der Waals surface area contributed by atoms with E-state index < -0.39 is 0 Å². The van der Waals surface area contributed by atoms with Gasteiger partial charge in [0, 0.05) is 9.50 Å². The average molecular weight is 366 g/mol. The smallest absolute Gasteiger partial charge is 0.0723 e. The van der Waals surface area contributed by atoms with E-state index in [1.165, 1.54) is 30.4 Å². The second-order valence-electron chi connectivity index (χ2n) is 5.52. The number of halogens is 2. The van der Waals surface area contributed by atoms with E-state index in [1.54, 1.807) is 0 Å². The lowest BCUT2D eigenvalue weighted by Crippen LogP contribution is -2.30. The van der Waals surface area contributed by atoms with Crippen LogP contribution < -0.4 is 11.3 Å². The first-order valence-electron chi connectivity index (χ1n) is 7.20. The van der Waals surface area contributed by atoms with Crippen molar-refractivity contribution in [2.75, 3.05) is 0 Å². The molecule has 3 rings (SSSR count). The van der Waals surface area contributed by atoms with Crippen LogP contribution >= 0.6 is 27.5 Å². The molecular weight excluding hydrogens is 348 g/mol. The van der Waals surface area contributed by atoms with E-state index in [0.29, 0.717) is 10.9 Å². The van der Waals surface area contributed by atoms with Crippen LogP contribution in [0.25, 0.3) is 0 Å². The van der Waals surface area contributed by atoms with Gasteiger partial charge in [0.25, 0.3) is 0 Å². The first-order chi connectivity index (χ1) is 10.2. The minimum absolute atomic E-state index is 0.0339. The van der Waals surface area contributed by atoms with Crippen molar-refractivity contribution in [1.29, 1.82) is 0 Å². The maximum Gasteiger partial charge on any atom is 0.0723 e. The molecule has 2 nitrogen and oxygen atoms in total. The van der Waals surface area contributed by atoms with Gasteiger partial charge in [0.15, 0.2) is 0 Å². The number of rotatable bonds is 4. The van der Waals surface area contributed by atoms with Crippen molar-refractivity contribution in [3.63, 3.8) is 0 Å². The highest BCUT2D eigenvalue weighted by molar-refractivity contribution is 9.10. The zero-order chi connectivity index (χ0) is 14.8. The molecule has 3 N–H and O–H groups in total. The lowest BCUT2D eigenvalue weighted by Gasteiger charge is -2.30. The third kappa shape index (κ3) is 3.02. The maximum atomic E-state index is 6.04. The first kappa shape index (κ1) is 15.0. The van der Waals surface area contributed by atoms with Crippen molar-refractivity contribution in [2.24, 2.45) is 5.84 Å². The SMILES string of the molecule is NNC(c1ccc(Cl)cc1Br)c1ccccc1C1CCC1. The lowest BCUT2D eigenvalue weighted by molar-refractivity contribution is 0.414. The standard InChI is InChI=1S/C17H18BrClN2/c18-16-10-12(19)8-9-15(16)17(21-20)14-7-2-1-6-13(14)11-4-3-5-11/h1-2,6-11,17,21H,3-5,20H2. The minimum atomic E-state index is -0.0339. The molecule has 0 amide bonds. The van der Waals surface area contributed by atoms with Gasteiger partial charge < -0.3 is 0 Å². The van der Waals surface area contributed by atoms with Crippen molar-refractivity contribution in [3.8, 4) is 0 Å². The minimum Gasteiger partial charge on any atom is -0.271 e. The van der Waals surface area contributed by atoms with E-state index in [0.717, 1.165) is 10.0 Å². The molecule has 2 aromatic carbocycles. The van der Waals surface area contributed by atoms with Crippen LogP contribution in [0.1, 0.15) is 47.9 Å². The molecule has 0 bridgehead atoms. The normalized spacial score (nSPS) is 16.5. The molecule has 1 aliphatic rings. The molecule has 1 saturated carbocycles. The van der Waals surface area contributed by atoms with E-state index >= 15 is 0 Å². The van der Waals surface area contributed by atoms with Gasteiger partial charge in [-0.1, -0.05) is 64.3 Å². The Balaban J connectivity index is 2.03. The lowest BCUT2D eigenvalue weighted by atomic mass is 9.76. The van der Waals surface area contributed by atoms with E-state index in [4.69, 9.17) is 17.4 Å². The zero-order valence-electron chi connectivity index (χ0n) is 11.7. The fourth-order valence-corrected chi connectivity index (χ4v) is 3.86. The van der Waals surface area contributed by atoms with Crippen molar-refractivity contribution < 1.29 is 0 Å². The fourth-order valence-electron chi connectivity index (χ4n) is 2.95. The second kappa shape index (κ2) is 6.49. The Bertz CT molecular complexity index is 640. The molecule has 21 heavy (non-hydrogen) atoms. The summed E-state index contributed by atoms with van der Waals surface area (Å²) in [5.41, 5.74) is 6.74. The molecule has 0 spiro atoms. The summed E-state index contributed by atoms with van der Waals surface area (Å²) < 4.78 is 0.973. The third-order valence-corrected chi connectivity index (χ3v) is 5.21. The highest BCUT2D eigenvalue weighted by atomic mass is 79.9. The molecule has 1 unspecified atom stereocenters. The molecular formula is C17H18BrClN2. The molecule has 1 fully saturated rings. The molecule has 4 heteroatoms. The third-order valence-electron chi connectivity index (χ3n) is 4.29. The molecule has 0 heterocycles. The number of nitrogens with one attached hydrogen (secondary N) is 1. The van der Waals surface area contributed by atoms with Crippen LogP contribution in [0.15, 0.2) is 46.9 Å². The monoisotopic (exact) mass is 364 g/mol. The van der Waals surface area contributed by atoms with Crippen molar-refractivity contribution in [1.82, 2.24) is 5.43 Å². The summed E-state index contributed by atoms with van der Waals surface area (Å²) in [6, 6.07) is 14.4. The average Bonchev–Trinajstić information content (AvgIpc) is 2.41. The number of nitrogens with two attached hydrogens (primary N) is 1. The summed E-state index contributed by atoms with van der Waals surface area (Å²) in [6.45, 7) is 0. The van der Waals surface area contributed by atoms with E-state index in [2.05, 4.69) is 45.6 Å². The quantitative estimate of drug-likeness (QED) is 0.596. The summed E-state index contributed by atoms with van der Waals surface area (Å²) in [5, 5.41) is 0.716. The Labute approximate surface area is 138 Å². The van der Waals surface area contributed by atoms with Crippen LogP contribution in [-0.4, -0.2) is 0 Å². The molecule has 0 aliphatic heterocycles. The Hall–Kier alpha value is -0.870. The van der Waals surface area contributed by atoms with E-state index in [-0.39, 0.29) is 6.04 Å². The Morgan fingerprint density at radius 3 is 2.52 bits per heavy atom. The van der Waals surface area contributed by atoms with Crippen LogP contribution in [0.2, 0.25) is 5.02 Å². The maximum absolute atomic E-state index is 6.04. The van der Waals surface area contributed by atoms with Crippen molar-refractivity contribution >= 4 is 27.5 Å². The van der Waals surface area contributed by atoms with Crippen LogP contribution in [0.5, 0.6) is 0 Å². The summed E-state index contributed by atoms with van der Waals surface area (Å²) in [7, 11) is 0. The largest absolute Gasteiger partial charge is 0.271 e. The fraction of sp³-hybridized carbons (Fsp3) is 0.294. The van der Waals surface area contributed by atoms with Crippen LogP contribution in [-0.2, 0) is 0 Å². The van der Waals surface area contributed by atoms with Gasteiger partial charge in [0.1, 0.15) is 0 Å². The zero-order valence-corrected chi connectivity index (χ0v) is 14.0. The predicted octanol–water partition coefficient (Wildman–Crippen LogP) is 4.92. The van der Waals surface area contributed by atoms with E-state index in [1.807, 2.05) is 18.2 Å². The van der Waals surface area contributed by atoms with Gasteiger partial charge in [-0.15, -0.1) is 0 Å².